The average Bonchev–Trinajstić information content (AvgIpc) is 2.77. The molecule has 2 unspecified atom stereocenters. The first-order valence-corrected chi connectivity index (χ1v) is 7.21. The molecular formula is C13H12BrF2NOS. The quantitative estimate of drug-likeness (QED) is 0.896. The van der Waals surface area contributed by atoms with Crippen LogP contribution in [0.1, 0.15) is 17.9 Å². The van der Waals surface area contributed by atoms with Crippen LogP contribution in [0.2, 0.25) is 0 Å². The van der Waals surface area contributed by atoms with Crippen LogP contribution in [0.15, 0.2) is 34.1 Å². The second-order valence-electron chi connectivity index (χ2n) is 4.09. The molecule has 2 nitrogen and oxygen atoms in total. The van der Waals surface area contributed by atoms with Gasteiger partial charge in [0, 0.05) is 10.9 Å². The first-order chi connectivity index (χ1) is 8.99. The molecule has 1 aromatic heterocycles. The SMILES string of the molecule is CC(N)C(Oc1cccc(F)c1F)c1ccc(Br)s1. The Kier molecular flexibility index (Phi) is 4.54. The van der Waals surface area contributed by atoms with Crippen LogP contribution >= 0.6 is 27.3 Å². The first-order valence-electron chi connectivity index (χ1n) is 5.60. The van der Waals surface area contributed by atoms with Crippen LogP contribution in [0, 0.1) is 11.6 Å². The van der Waals surface area contributed by atoms with Gasteiger partial charge in [-0.3, -0.25) is 0 Å². The lowest BCUT2D eigenvalue weighted by molar-refractivity contribution is 0.174. The number of hydrogen-bond donors (Lipinski definition) is 1. The van der Waals surface area contributed by atoms with Crippen LogP contribution in [0.25, 0.3) is 0 Å². The van der Waals surface area contributed by atoms with Crippen molar-refractivity contribution in [3.63, 3.8) is 0 Å². The van der Waals surface area contributed by atoms with E-state index in [1.165, 1.54) is 23.5 Å². The highest BCUT2D eigenvalue weighted by Gasteiger charge is 2.22. The molecule has 2 aromatic rings. The van der Waals surface area contributed by atoms with Crippen molar-refractivity contribution in [1.29, 1.82) is 0 Å². The normalized spacial score (nSPS) is 14.2. The summed E-state index contributed by atoms with van der Waals surface area (Å²) in [6.45, 7) is 1.76. The third kappa shape index (κ3) is 3.32. The predicted octanol–water partition coefficient (Wildman–Crippen LogP) is 4.26. The van der Waals surface area contributed by atoms with Crippen molar-refractivity contribution < 1.29 is 13.5 Å². The van der Waals surface area contributed by atoms with Gasteiger partial charge in [0.2, 0.25) is 5.82 Å². The summed E-state index contributed by atoms with van der Waals surface area (Å²) in [5, 5.41) is 0. The maximum atomic E-state index is 13.6. The minimum atomic E-state index is -0.997. The van der Waals surface area contributed by atoms with Crippen LogP contribution in [0.5, 0.6) is 5.75 Å². The lowest BCUT2D eigenvalue weighted by atomic mass is 10.1. The predicted molar refractivity (Wildman–Crippen MR) is 75.4 cm³/mol. The monoisotopic (exact) mass is 347 g/mol. The van der Waals surface area contributed by atoms with E-state index in [1.54, 1.807) is 6.92 Å². The fraction of sp³-hybridized carbons (Fsp3) is 0.231. The molecule has 2 rings (SSSR count). The number of halogens is 3. The van der Waals surface area contributed by atoms with E-state index in [0.29, 0.717) is 0 Å². The Morgan fingerprint density at radius 3 is 2.58 bits per heavy atom. The third-order valence-electron chi connectivity index (χ3n) is 2.52. The van der Waals surface area contributed by atoms with Gasteiger partial charge < -0.3 is 10.5 Å². The van der Waals surface area contributed by atoms with Crippen LogP contribution in [-0.2, 0) is 0 Å². The number of hydrogen-bond acceptors (Lipinski definition) is 3. The molecular weight excluding hydrogens is 336 g/mol. The molecule has 6 heteroatoms. The van der Waals surface area contributed by atoms with Gasteiger partial charge in [-0.1, -0.05) is 6.07 Å². The van der Waals surface area contributed by atoms with E-state index in [0.717, 1.165) is 14.7 Å². The summed E-state index contributed by atoms with van der Waals surface area (Å²) < 4.78 is 33.2. The smallest absolute Gasteiger partial charge is 0.200 e. The Morgan fingerprint density at radius 1 is 1.26 bits per heavy atom. The third-order valence-corrected chi connectivity index (χ3v) is 4.21. The van der Waals surface area contributed by atoms with E-state index < -0.39 is 17.7 Å². The molecule has 1 heterocycles. The lowest BCUT2D eigenvalue weighted by Crippen LogP contribution is -2.28. The van der Waals surface area contributed by atoms with Crippen LogP contribution < -0.4 is 10.5 Å². The Hall–Kier alpha value is -0.980. The average molecular weight is 348 g/mol. The summed E-state index contributed by atoms with van der Waals surface area (Å²) in [4.78, 5) is 0.852. The Morgan fingerprint density at radius 2 is 2.00 bits per heavy atom. The zero-order valence-electron chi connectivity index (χ0n) is 10.1. The number of ether oxygens (including phenoxy) is 1. The Bertz CT molecular complexity index is 574. The molecule has 0 bridgehead atoms. The van der Waals surface area contributed by atoms with Crippen molar-refractivity contribution >= 4 is 27.3 Å². The highest BCUT2D eigenvalue weighted by Crippen LogP contribution is 2.33. The number of nitrogens with two attached hydrogens (primary N) is 1. The summed E-state index contributed by atoms with van der Waals surface area (Å²) in [5.41, 5.74) is 5.86. The number of rotatable bonds is 4. The van der Waals surface area contributed by atoms with Gasteiger partial charge in [-0.25, -0.2) is 4.39 Å². The summed E-state index contributed by atoms with van der Waals surface area (Å²) >= 11 is 4.80. The van der Waals surface area contributed by atoms with Gasteiger partial charge in [0.1, 0.15) is 6.10 Å². The van der Waals surface area contributed by atoms with Crippen molar-refractivity contribution in [2.45, 2.75) is 19.1 Å². The molecule has 0 amide bonds. The second kappa shape index (κ2) is 5.98. The van der Waals surface area contributed by atoms with Crippen molar-refractivity contribution in [2.75, 3.05) is 0 Å². The van der Waals surface area contributed by atoms with Crippen LogP contribution in [0.4, 0.5) is 8.78 Å². The van der Waals surface area contributed by atoms with E-state index in [2.05, 4.69) is 15.9 Å². The van der Waals surface area contributed by atoms with Gasteiger partial charge >= 0.3 is 0 Å². The molecule has 0 aliphatic rings. The standard InChI is InChI=1S/C13H12BrF2NOS/c1-7(17)13(10-5-6-11(14)19-10)18-9-4-2-3-8(15)12(9)16/h2-7,13H,17H2,1H3. The number of benzene rings is 1. The minimum Gasteiger partial charge on any atom is -0.480 e. The highest BCUT2D eigenvalue weighted by atomic mass is 79.9. The Balaban J connectivity index is 2.29. The maximum absolute atomic E-state index is 13.6. The van der Waals surface area contributed by atoms with Gasteiger partial charge in [0.05, 0.1) is 3.79 Å². The van der Waals surface area contributed by atoms with Gasteiger partial charge in [-0.2, -0.15) is 4.39 Å². The molecule has 0 aliphatic heterocycles. The zero-order chi connectivity index (χ0) is 14.0. The molecule has 0 fully saturated rings. The van der Waals surface area contributed by atoms with Gasteiger partial charge in [0.15, 0.2) is 11.6 Å². The maximum Gasteiger partial charge on any atom is 0.200 e. The fourth-order valence-electron chi connectivity index (χ4n) is 1.62. The molecule has 0 aliphatic carbocycles. The van der Waals surface area contributed by atoms with E-state index in [4.69, 9.17) is 10.5 Å². The molecule has 1 aromatic carbocycles. The molecule has 0 saturated carbocycles. The van der Waals surface area contributed by atoms with Crippen LogP contribution in [-0.4, -0.2) is 6.04 Å². The largest absolute Gasteiger partial charge is 0.480 e. The van der Waals surface area contributed by atoms with Gasteiger partial charge in [0.25, 0.3) is 0 Å². The number of thiophene rings is 1. The fourth-order valence-corrected chi connectivity index (χ4v) is 3.19. The summed E-state index contributed by atoms with van der Waals surface area (Å²) in [7, 11) is 0. The van der Waals surface area contributed by atoms with Crippen LogP contribution in [0.3, 0.4) is 0 Å². The van der Waals surface area contributed by atoms with Gasteiger partial charge in [-0.15, -0.1) is 11.3 Å². The van der Waals surface area contributed by atoms with Crippen molar-refractivity contribution in [3.8, 4) is 5.75 Å². The minimum absolute atomic E-state index is 0.133. The van der Waals surface area contributed by atoms with Crippen molar-refractivity contribution in [2.24, 2.45) is 5.73 Å². The van der Waals surface area contributed by atoms with E-state index in [1.807, 2.05) is 12.1 Å². The summed E-state index contributed by atoms with van der Waals surface area (Å²) in [6, 6.07) is 7.19. The highest BCUT2D eigenvalue weighted by molar-refractivity contribution is 9.11. The molecule has 2 atom stereocenters. The second-order valence-corrected chi connectivity index (χ2v) is 6.59. The van der Waals surface area contributed by atoms with E-state index >= 15 is 0 Å². The zero-order valence-corrected chi connectivity index (χ0v) is 12.5. The molecule has 0 saturated heterocycles. The summed E-state index contributed by atoms with van der Waals surface area (Å²) in [5.74, 6) is -2.07. The molecule has 0 spiro atoms. The molecule has 0 radical (unpaired) electrons. The van der Waals surface area contributed by atoms with Crippen molar-refractivity contribution in [3.05, 3.63) is 50.6 Å². The summed E-state index contributed by atoms with van der Waals surface area (Å²) in [6.07, 6.45) is -0.521. The lowest BCUT2D eigenvalue weighted by Gasteiger charge is -2.21. The van der Waals surface area contributed by atoms with E-state index in [-0.39, 0.29) is 11.8 Å². The molecule has 2 N–H and O–H groups in total. The van der Waals surface area contributed by atoms with Crippen molar-refractivity contribution in [1.82, 2.24) is 0 Å². The topological polar surface area (TPSA) is 35.2 Å². The molecule has 19 heavy (non-hydrogen) atoms. The molecule has 102 valence electrons. The van der Waals surface area contributed by atoms with Gasteiger partial charge in [-0.05, 0) is 47.1 Å². The Labute approximate surface area is 122 Å². The van der Waals surface area contributed by atoms with E-state index in [9.17, 15) is 8.78 Å². The first kappa shape index (κ1) is 14.4.